The Bertz CT molecular complexity index is 1460. The van der Waals surface area contributed by atoms with Crippen molar-refractivity contribution in [3.05, 3.63) is 89.4 Å². The predicted molar refractivity (Wildman–Crippen MR) is 146 cm³/mol. The molecule has 1 aliphatic heterocycles. The largest absolute Gasteiger partial charge is 0.360 e. The van der Waals surface area contributed by atoms with E-state index in [2.05, 4.69) is 51.7 Å². The Hall–Kier alpha value is -4.44. The molecule has 0 aliphatic carbocycles. The van der Waals surface area contributed by atoms with Crippen LogP contribution in [0.5, 0.6) is 0 Å². The SMILES string of the molecule is CCCCN(C)c1c(C#N)c2c(n1Cc1ccccc1)C=NN(Cc1nccc3ccccc13)C=N2. The fourth-order valence-corrected chi connectivity index (χ4v) is 4.63. The summed E-state index contributed by atoms with van der Waals surface area (Å²) in [4.78, 5) is 11.5. The lowest BCUT2D eigenvalue weighted by molar-refractivity contribution is 0.452. The summed E-state index contributed by atoms with van der Waals surface area (Å²) in [5, 5.41) is 19.0. The summed E-state index contributed by atoms with van der Waals surface area (Å²) in [5.74, 6) is 0.882. The molecule has 0 fully saturated rings. The van der Waals surface area contributed by atoms with Crippen molar-refractivity contribution >= 4 is 34.8 Å². The molecular formula is C29H29N7. The highest BCUT2D eigenvalue weighted by atomic mass is 15.5. The van der Waals surface area contributed by atoms with E-state index in [1.807, 2.05) is 55.9 Å². The molecule has 3 heterocycles. The lowest BCUT2D eigenvalue weighted by Gasteiger charge is -2.22. The second-order valence-corrected chi connectivity index (χ2v) is 8.96. The van der Waals surface area contributed by atoms with E-state index in [0.29, 0.717) is 24.3 Å². The minimum atomic E-state index is 0.482. The first-order valence-corrected chi connectivity index (χ1v) is 12.3. The number of anilines is 1. The van der Waals surface area contributed by atoms with E-state index in [0.717, 1.165) is 52.9 Å². The molecule has 36 heavy (non-hydrogen) atoms. The molecule has 2 aromatic carbocycles. The van der Waals surface area contributed by atoms with Gasteiger partial charge >= 0.3 is 0 Å². The molecule has 0 N–H and O–H groups in total. The Kier molecular flexibility index (Phi) is 6.76. The van der Waals surface area contributed by atoms with Gasteiger partial charge in [-0.05, 0) is 23.4 Å². The van der Waals surface area contributed by atoms with Crippen LogP contribution >= 0.6 is 0 Å². The molecule has 180 valence electrons. The van der Waals surface area contributed by atoms with Gasteiger partial charge in [0.25, 0.3) is 0 Å². The monoisotopic (exact) mass is 475 g/mol. The number of hydrazone groups is 1. The molecule has 0 spiro atoms. The summed E-state index contributed by atoms with van der Waals surface area (Å²) in [5.41, 5.74) is 4.15. The quantitative estimate of drug-likeness (QED) is 0.328. The van der Waals surface area contributed by atoms with E-state index in [-0.39, 0.29) is 0 Å². The van der Waals surface area contributed by atoms with Gasteiger partial charge in [0, 0.05) is 31.7 Å². The zero-order chi connectivity index (χ0) is 24.9. The molecule has 4 aromatic rings. The van der Waals surface area contributed by atoms with Crippen molar-refractivity contribution in [1.29, 1.82) is 5.26 Å². The van der Waals surface area contributed by atoms with Gasteiger partial charge in [-0.15, -0.1) is 0 Å². The molecular weight excluding hydrogens is 446 g/mol. The number of benzene rings is 2. The number of hydrogen-bond acceptors (Lipinski definition) is 6. The van der Waals surface area contributed by atoms with Crippen LogP contribution in [-0.2, 0) is 13.1 Å². The summed E-state index contributed by atoms with van der Waals surface area (Å²) in [6, 6.07) is 22.9. The Labute approximate surface area is 211 Å². The van der Waals surface area contributed by atoms with Gasteiger partial charge in [-0.3, -0.25) is 4.98 Å². The van der Waals surface area contributed by atoms with E-state index < -0.39 is 0 Å². The Morgan fingerprint density at radius 2 is 1.81 bits per heavy atom. The number of fused-ring (bicyclic) bond motifs is 2. The third-order valence-corrected chi connectivity index (χ3v) is 6.47. The third-order valence-electron chi connectivity index (χ3n) is 6.47. The van der Waals surface area contributed by atoms with Gasteiger partial charge in [0.2, 0.25) is 0 Å². The number of aromatic nitrogens is 2. The third kappa shape index (κ3) is 4.58. The van der Waals surface area contributed by atoms with Crippen molar-refractivity contribution in [1.82, 2.24) is 14.6 Å². The first-order valence-electron chi connectivity index (χ1n) is 12.3. The minimum absolute atomic E-state index is 0.482. The predicted octanol–water partition coefficient (Wildman–Crippen LogP) is 5.70. The number of rotatable bonds is 8. The fraction of sp³-hybridized carbons (Fsp3) is 0.241. The Balaban J connectivity index is 1.54. The highest BCUT2D eigenvalue weighted by Gasteiger charge is 2.26. The van der Waals surface area contributed by atoms with Crippen LogP contribution in [0.2, 0.25) is 0 Å². The lowest BCUT2D eigenvalue weighted by Crippen LogP contribution is -2.23. The molecule has 2 aromatic heterocycles. The highest BCUT2D eigenvalue weighted by Crippen LogP contribution is 2.37. The van der Waals surface area contributed by atoms with Gasteiger partial charge in [0.1, 0.15) is 29.5 Å². The molecule has 0 saturated carbocycles. The van der Waals surface area contributed by atoms with Crippen LogP contribution in [0, 0.1) is 11.3 Å². The Morgan fingerprint density at radius 1 is 1.00 bits per heavy atom. The summed E-state index contributed by atoms with van der Waals surface area (Å²) < 4.78 is 2.17. The van der Waals surface area contributed by atoms with Crippen LogP contribution in [0.3, 0.4) is 0 Å². The number of pyridine rings is 1. The summed E-state index contributed by atoms with van der Waals surface area (Å²) in [6.07, 6.45) is 7.49. The molecule has 0 atom stereocenters. The molecule has 0 bridgehead atoms. The van der Waals surface area contributed by atoms with Gasteiger partial charge in [-0.1, -0.05) is 67.9 Å². The van der Waals surface area contributed by atoms with Crippen molar-refractivity contribution in [3.63, 3.8) is 0 Å². The van der Waals surface area contributed by atoms with Crippen LogP contribution in [0.15, 0.2) is 77.0 Å². The topological polar surface area (TPSA) is 72.8 Å². The first kappa shape index (κ1) is 23.3. The average molecular weight is 476 g/mol. The number of aliphatic imine (C=N–C) groups is 1. The van der Waals surface area contributed by atoms with Gasteiger partial charge in [0.05, 0.1) is 24.1 Å². The van der Waals surface area contributed by atoms with E-state index in [9.17, 15) is 5.26 Å². The van der Waals surface area contributed by atoms with Gasteiger partial charge < -0.3 is 9.47 Å². The summed E-state index contributed by atoms with van der Waals surface area (Å²) in [7, 11) is 2.05. The van der Waals surface area contributed by atoms with E-state index in [1.165, 1.54) is 0 Å². The van der Waals surface area contributed by atoms with Crippen LogP contribution in [-0.4, -0.2) is 40.7 Å². The van der Waals surface area contributed by atoms with E-state index in [4.69, 9.17) is 10.1 Å². The van der Waals surface area contributed by atoms with Crippen LogP contribution in [0.1, 0.15) is 42.3 Å². The molecule has 0 radical (unpaired) electrons. The molecule has 0 amide bonds. The number of hydrogen-bond donors (Lipinski definition) is 0. The fourth-order valence-electron chi connectivity index (χ4n) is 4.63. The van der Waals surface area contributed by atoms with Gasteiger partial charge in [0.15, 0.2) is 0 Å². The molecule has 7 heteroatoms. The maximum atomic E-state index is 10.2. The number of nitriles is 1. The van der Waals surface area contributed by atoms with Crippen molar-refractivity contribution in [2.45, 2.75) is 32.9 Å². The second-order valence-electron chi connectivity index (χ2n) is 8.96. The maximum absolute atomic E-state index is 10.2. The zero-order valence-electron chi connectivity index (χ0n) is 20.7. The van der Waals surface area contributed by atoms with E-state index in [1.54, 1.807) is 11.3 Å². The second kappa shape index (κ2) is 10.4. The molecule has 5 rings (SSSR count). The van der Waals surface area contributed by atoms with E-state index >= 15 is 0 Å². The molecule has 0 unspecified atom stereocenters. The maximum Gasteiger partial charge on any atom is 0.129 e. The van der Waals surface area contributed by atoms with Crippen molar-refractivity contribution in [2.75, 3.05) is 18.5 Å². The van der Waals surface area contributed by atoms with Crippen molar-refractivity contribution in [2.24, 2.45) is 10.1 Å². The van der Waals surface area contributed by atoms with Crippen LogP contribution in [0.25, 0.3) is 10.8 Å². The van der Waals surface area contributed by atoms with Gasteiger partial charge in [-0.2, -0.15) is 10.4 Å². The number of unbranched alkanes of at least 4 members (excludes halogenated alkanes) is 1. The average Bonchev–Trinajstić information content (AvgIpc) is 3.05. The first-order chi connectivity index (χ1) is 17.7. The smallest absolute Gasteiger partial charge is 0.129 e. The molecule has 7 nitrogen and oxygen atoms in total. The highest BCUT2D eigenvalue weighted by molar-refractivity contribution is 5.94. The zero-order valence-corrected chi connectivity index (χ0v) is 20.7. The normalized spacial score (nSPS) is 12.4. The summed E-state index contributed by atoms with van der Waals surface area (Å²) >= 11 is 0. The standard InChI is InChI=1S/C29H29N7/c1-3-4-16-34(2)29-25(17-30)28-27(36(29)19-22-10-6-5-7-11-22)18-33-35(21-32-28)20-26-24-13-9-8-12-23(24)14-15-31-26/h5-15,18,21H,3-4,16,19-20H2,1-2H3. The summed E-state index contributed by atoms with van der Waals surface area (Å²) in [6.45, 7) is 4.15. The van der Waals surface area contributed by atoms with Gasteiger partial charge in [-0.25, -0.2) is 10.0 Å². The van der Waals surface area contributed by atoms with Crippen molar-refractivity contribution < 1.29 is 0 Å². The lowest BCUT2D eigenvalue weighted by atomic mass is 10.1. The molecule has 0 saturated heterocycles. The van der Waals surface area contributed by atoms with Crippen LogP contribution < -0.4 is 4.90 Å². The molecule has 1 aliphatic rings. The minimum Gasteiger partial charge on any atom is -0.360 e. The number of nitrogens with zero attached hydrogens (tertiary/aromatic N) is 7. The van der Waals surface area contributed by atoms with Crippen LogP contribution in [0.4, 0.5) is 11.5 Å². The Morgan fingerprint density at radius 3 is 2.61 bits per heavy atom. The van der Waals surface area contributed by atoms with Crippen molar-refractivity contribution in [3.8, 4) is 6.07 Å².